The maximum Gasteiger partial charge on any atom is 0.416 e. The number of nitriles is 1. The fraction of sp³-hybridized carbons (Fsp3) is 0.154. The summed E-state index contributed by atoms with van der Waals surface area (Å²) in [4.78, 5) is 0. The number of ether oxygens (including phenoxy) is 1. The second-order valence-corrected chi connectivity index (χ2v) is 3.80. The van der Waals surface area contributed by atoms with Crippen molar-refractivity contribution in [3.05, 3.63) is 47.2 Å². The van der Waals surface area contributed by atoms with Crippen molar-refractivity contribution in [2.45, 2.75) is 6.18 Å². The molecule has 3 nitrogen and oxygen atoms in total. The minimum atomic E-state index is -4.45. The molecule has 0 aliphatic heterocycles. The number of aliphatic hydroxyl groups is 1. The molecular formula is C13H8F3NO2. The van der Waals surface area contributed by atoms with Crippen LogP contribution >= 0.6 is 0 Å². The van der Waals surface area contributed by atoms with Gasteiger partial charge in [-0.2, -0.15) is 18.4 Å². The van der Waals surface area contributed by atoms with E-state index in [1.54, 1.807) is 0 Å². The summed E-state index contributed by atoms with van der Waals surface area (Å²) in [6.07, 6.45) is -1.91. The molecule has 0 radical (unpaired) electrons. The molecule has 0 fully saturated rings. The number of aliphatic hydroxyl groups excluding tert-OH is 1. The lowest BCUT2D eigenvalue weighted by Gasteiger charge is -2.09. The normalized spacial score (nSPS) is 15.9. The number of rotatable bonds is 2. The molecule has 1 N–H and O–H groups in total. The summed E-state index contributed by atoms with van der Waals surface area (Å²) in [6, 6.07) is 5.05. The van der Waals surface area contributed by atoms with Gasteiger partial charge in [0.15, 0.2) is 6.79 Å². The van der Waals surface area contributed by atoms with Gasteiger partial charge in [0.05, 0.1) is 23.5 Å². The molecule has 1 aliphatic carbocycles. The highest BCUT2D eigenvalue weighted by Crippen LogP contribution is 2.39. The smallest absolute Gasteiger partial charge is 0.416 e. The van der Waals surface area contributed by atoms with Gasteiger partial charge in [0.1, 0.15) is 0 Å². The van der Waals surface area contributed by atoms with Crippen LogP contribution in [-0.4, -0.2) is 11.9 Å². The van der Waals surface area contributed by atoms with Crippen molar-refractivity contribution in [3.8, 4) is 6.07 Å². The molecule has 19 heavy (non-hydrogen) atoms. The lowest BCUT2D eigenvalue weighted by atomic mass is 10.0. The first kappa shape index (κ1) is 13.2. The van der Waals surface area contributed by atoms with Crippen molar-refractivity contribution in [2.75, 3.05) is 6.79 Å². The lowest BCUT2D eigenvalue weighted by Crippen LogP contribution is -2.05. The van der Waals surface area contributed by atoms with Crippen LogP contribution in [0.25, 0.3) is 11.1 Å². The minimum Gasteiger partial charge on any atom is -0.475 e. The van der Waals surface area contributed by atoms with E-state index in [9.17, 15) is 13.2 Å². The third-order valence-corrected chi connectivity index (χ3v) is 2.65. The highest BCUT2D eigenvalue weighted by molar-refractivity contribution is 5.99. The van der Waals surface area contributed by atoms with E-state index >= 15 is 0 Å². The summed E-state index contributed by atoms with van der Waals surface area (Å²) in [5.41, 5.74) is 0.472. The SMILES string of the molecule is N#CC1=CC(=COCO)c2cc(C(F)(F)F)ccc21. The number of allylic oxidation sites excluding steroid dienone is 3. The zero-order valence-electron chi connectivity index (χ0n) is 9.53. The summed E-state index contributed by atoms with van der Waals surface area (Å²) < 4.78 is 42.6. The zero-order chi connectivity index (χ0) is 14.0. The molecule has 2 rings (SSSR count). The summed E-state index contributed by atoms with van der Waals surface area (Å²) >= 11 is 0. The molecule has 1 aromatic rings. The first-order valence-corrected chi connectivity index (χ1v) is 5.24. The Kier molecular flexibility index (Phi) is 3.32. The van der Waals surface area contributed by atoms with Gasteiger partial charge in [-0.15, -0.1) is 0 Å². The number of hydrogen-bond donors (Lipinski definition) is 1. The molecular weight excluding hydrogens is 259 g/mol. The Hall–Kier alpha value is -2.26. The largest absolute Gasteiger partial charge is 0.475 e. The van der Waals surface area contributed by atoms with Crippen LogP contribution in [0.3, 0.4) is 0 Å². The summed E-state index contributed by atoms with van der Waals surface area (Å²) in [5, 5.41) is 17.5. The molecule has 0 heterocycles. The standard InChI is InChI=1S/C13H8F3NO2/c14-13(15,16)10-1-2-11-8(5-17)3-9(6-19-7-18)12(11)4-10/h1-4,6,18H,7H2. The molecule has 0 saturated heterocycles. The molecule has 0 amide bonds. The number of fused-ring (bicyclic) bond motifs is 1. The van der Waals surface area contributed by atoms with Gasteiger partial charge in [0.25, 0.3) is 0 Å². The maximum atomic E-state index is 12.6. The van der Waals surface area contributed by atoms with Crippen molar-refractivity contribution in [2.24, 2.45) is 0 Å². The van der Waals surface area contributed by atoms with Crippen LogP contribution in [0.4, 0.5) is 13.2 Å². The molecule has 0 spiro atoms. The third kappa shape index (κ3) is 2.46. The van der Waals surface area contributed by atoms with Gasteiger partial charge in [-0.25, -0.2) is 0 Å². The van der Waals surface area contributed by atoms with Gasteiger partial charge in [-0.3, -0.25) is 0 Å². The van der Waals surface area contributed by atoms with E-state index in [1.165, 1.54) is 12.1 Å². The Labute approximate surface area is 106 Å². The number of halogens is 3. The average molecular weight is 267 g/mol. The Morgan fingerprint density at radius 3 is 2.63 bits per heavy atom. The number of benzene rings is 1. The Bertz CT molecular complexity index is 609. The second-order valence-electron chi connectivity index (χ2n) is 3.80. The van der Waals surface area contributed by atoms with Crippen LogP contribution in [0, 0.1) is 11.3 Å². The van der Waals surface area contributed by atoms with Gasteiger partial charge in [-0.1, -0.05) is 6.07 Å². The van der Waals surface area contributed by atoms with Crippen LogP contribution < -0.4 is 0 Å². The summed E-state index contributed by atoms with van der Waals surface area (Å²) in [5.74, 6) is 0. The van der Waals surface area contributed by atoms with Crippen molar-refractivity contribution in [1.82, 2.24) is 0 Å². The van der Waals surface area contributed by atoms with Crippen molar-refractivity contribution < 1.29 is 23.0 Å². The molecule has 0 bridgehead atoms. The molecule has 98 valence electrons. The molecule has 0 aromatic heterocycles. The van der Waals surface area contributed by atoms with E-state index in [2.05, 4.69) is 4.74 Å². The van der Waals surface area contributed by atoms with E-state index in [-0.39, 0.29) is 11.1 Å². The van der Waals surface area contributed by atoms with Gasteiger partial charge < -0.3 is 9.84 Å². The minimum absolute atomic E-state index is 0.261. The number of hydrogen-bond acceptors (Lipinski definition) is 3. The van der Waals surface area contributed by atoms with E-state index in [4.69, 9.17) is 10.4 Å². The Balaban J connectivity index is 2.53. The molecule has 0 unspecified atom stereocenters. The molecule has 0 saturated carbocycles. The quantitative estimate of drug-likeness (QED) is 0.662. The van der Waals surface area contributed by atoms with Crippen molar-refractivity contribution >= 4 is 11.1 Å². The molecule has 1 aliphatic rings. The third-order valence-electron chi connectivity index (χ3n) is 2.65. The van der Waals surface area contributed by atoms with Gasteiger partial charge in [0.2, 0.25) is 0 Å². The van der Waals surface area contributed by atoms with Crippen LogP contribution in [0.15, 0.2) is 30.5 Å². The highest BCUT2D eigenvalue weighted by Gasteiger charge is 2.32. The predicted octanol–water partition coefficient (Wildman–Crippen LogP) is 2.93. The number of alkyl halides is 3. The van der Waals surface area contributed by atoms with E-state index in [0.29, 0.717) is 11.1 Å². The fourth-order valence-corrected chi connectivity index (χ4v) is 1.82. The molecule has 6 heteroatoms. The maximum absolute atomic E-state index is 12.6. The monoisotopic (exact) mass is 267 g/mol. The van der Waals surface area contributed by atoms with Gasteiger partial charge >= 0.3 is 6.18 Å². The lowest BCUT2D eigenvalue weighted by molar-refractivity contribution is -0.137. The summed E-state index contributed by atoms with van der Waals surface area (Å²) in [6.45, 7) is -0.590. The van der Waals surface area contributed by atoms with Gasteiger partial charge in [-0.05, 0) is 23.8 Å². The Morgan fingerprint density at radius 2 is 2.05 bits per heavy atom. The zero-order valence-corrected chi connectivity index (χ0v) is 9.53. The first-order valence-electron chi connectivity index (χ1n) is 5.24. The van der Waals surface area contributed by atoms with Crippen LogP contribution in [0.1, 0.15) is 16.7 Å². The molecule has 0 atom stereocenters. The number of nitrogens with zero attached hydrogens (tertiary/aromatic N) is 1. The van der Waals surface area contributed by atoms with Crippen LogP contribution in [0.5, 0.6) is 0 Å². The van der Waals surface area contributed by atoms with E-state index in [0.717, 1.165) is 18.4 Å². The van der Waals surface area contributed by atoms with Crippen molar-refractivity contribution in [1.29, 1.82) is 5.26 Å². The first-order chi connectivity index (χ1) is 8.97. The topological polar surface area (TPSA) is 53.2 Å². The van der Waals surface area contributed by atoms with Gasteiger partial charge in [0, 0.05) is 11.1 Å². The van der Waals surface area contributed by atoms with Crippen molar-refractivity contribution in [3.63, 3.8) is 0 Å². The van der Waals surface area contributed by atoms with Crippen LogP contribution in [0.2, 0.25) is 0 Å². The average Bonchev–Trinajstić information content (AvgIpc) is 2.72. The predicted molar refractivity (Wildman–Crippen MR) is 61.2 cm³/mol. The second kappa shape index (κ2) is 4.78. The summed E-state index contributed by atoms with van der Waals surface area (Å²) in [7, 11) is 0. The van der Waals surface area contributed by atoms with Crippen LogP contribution in [-0.2, 0) is 10.9 Å². The molecule has 1 aromatic carbocycles. The van der Waals surface area contributed by atoms with E-state index < -0.39 is 18.5 Å². The fourth-order valence-electron chi connectivity index (χ4n) is 1.82. The Morgan fingerprint density at radius 1 is 1.32 bits per heavy atom. The van der Waals surface area contributed by atoms with E-state index in [1.807, 2.05) is 6.07 Å². The highest BCUT2D eigenvalue weighted by atomic mass is 19.4.